The Bertz CT molecular complexity index is 388. The molecule has 0 aliphatic heterocycles. The Morgan fingerprint density at radius 2 is 1.62 bits per heavy atom. The van der Waals surface area contributed by atoms with E-state index < -0.39 is 6.10 Å². The summed E-state index contributed by atoms with van der Waals surface area (Å²) in [4.78, 5) is 12.6. The van der Waals surface area contributed by atoms with Gasteiger partial charge in [-0.15, -0.1) is 0 Å². The molecule has 0 aromatic carbocycles. The second-order valence-corrected chi connectivity index (χ2v) is 4.75. The fraction of sp³-hybridized carbons (Fsp3) is 0.786. The van der Waals surface area contributed by atoms with Crippen LogP contribution in [-0.2, 0) is 0 Å². The van der Waals surface area contributed by atoms with Gasteiger partial charge in [-0.3, -0.25) is 0 Å². The summed E-state index contributed by atoms with van der Waals surface area (Å²) in [7, 11) is 0. The molecule has 7 nitrogen and oxygen atoms in total. The molecule has 1 aromatic heterocycles. The van der Waals surface area contributed by atoms with Gasteiger partial charge in [0.1, 0.15) is 0 Å². The molecular formula is C14H27N5O2. The van der Waals surface area contributed by atoms with Gasteiger partial charge < -0.3 is 20.5 Å². The molecule has 7 heteroatoms. The summed E-state index contributed by atoms with van der Waals surface area (Å²) in [5, 5.41) is 16.2. The zero-order valence-corrected chi connectivity index (χ0v) is 13.4. The molecule has 0 spiro atoms. The van der Waals surface area contributed by atoms with E-state index in [1.807, 2.05) is 13.8 Å². The summed E-state index contributed by atoms with van der Waals surface area (Å²) in [6.07, 6.45) is 1.47. The molecule has 0 saturated carbocycles. The maximum absolute atomic E-state index is 10.1. The van der Waals surface area contributed by atoms with Crippen LogP contribution in [0.1, 0.15) is 40.5 Å². The monoisotopic (exact) mass is 297 g/mol. The molecule has 0 aliphatic rings. The van der Waals surface area contributed by atoms with Gasteiger partial charge in [0.2, 0.25) is 11.9 Å². The molecule has 0 bridgehead atoms. The molecule has 120 valence electrons. The minimum absolute atomic E-state index is 0.277. The lowest BCUT2D eigenvalue weighted by atomic mass is 9.97. The predicted octanol–water partition coefficient (Wildman–Crippen LogP) is 1.91. The number of nitrogens with zero attached hydrogens (tertiary/aromatic N) is 3. The molecule has 21 heavy (non-hydrogen) atoms. The highest BCUT2D eigenvalue weighted by atomic mass is 16.5. The van der Waals surface area contributed by atoms with Crippen LogP contribution >= 0.6 is 0 Å². The maximum Gasteiger partial charge on any atom is 0.323 e. The number of hydrogen-bond acceptors (Lipinski definition) is 7. The van der Waals surface area contributed by atoms with Crippen molar-refractivity contribution in [3.63, 3.8) is 0 Å². The first-order valence-corrected chi connectivity index (χ1v) is 7.69. The van der Waals surface area contributed by atoms with Crippen LogP contribution in [0.15, 0.2) is 0 Å². The molecule has 1 aromatic rings. The Kier molecular flexibility index (Phi) is 7.74. The Labute approximate surface area is 126 Å². The lowest BCUT2D eigenvalue weighted by Gasteiger charge is -2.20. The van der Waals surface area contributed by atoms with Crippen molar-refractivity contribution in [1.29, 1.82) is 0 Å². The second-order valence-electron chi connectivity index (χ2n) is 4.75. The number of nitrogens with one attached hydrogen (secondary N) is 2. The SMILES string of the molecule is CCNc1nc(NCC(O)C(CC)CC)nc(OCC)n1. The maximum atomic E-state index is 10.1. The normalized spacial score (nSPS) is 12.3. The molecule has 0 fully saturated rings. The van der Waals surface area contributed by atoms with E-state index in [9.17, 15) is 5.11 Å². The quantitative estimate of drug-likeness (QED) is 0.607. The van der Waals surface area contributed by atoms with Gasteiger partial charge >= 0.3 is 6.01 Å². The van der Waals surface area contributed by atoms with E-state index in [0.29, 0.717) is 31.6 Å². The highest BCUT2D eigenvalue weighted by Crippen LogP contribution is 2.15. The standard InChI is InChI=1S/C14H27N5O2/c1-5-10(6-2)11(20)9-16-13-17-12(15-7-3)18-14(19-13)21-8-4/h10-11,20H,5-9H2,1-4H3,(H2,15,16,17,18,19). The number of aliphatic hydroxyl groups excluding tert-OH is 1. The first-order valence-electron chi connectivity index (χ1n) is 7.69. The third-order valence-electron chi connectivity index (χ3n) is 3.29. The molecule has 0 aliphatic carbocycles. The fourth-order valence-electron chi connectivity index (χ4n) is 2.06. The van der Waals surface area contributed by atoms with E-state index in [1.165, 1.54) is 0 Å². The molecule has 0 radical (unpaired) electrons. The summed E-state index contributed by atoms with van der Waals surface area (Å²) in [5.41, 5.74) is 0. The van der Waals surface area contributed by atoms with Crippen molar-refractivity contribution in [3.05, 3.63) is 0 Å². The lowest BCUT2D eigenvalue weighted by Crippen LogP contribution is -2.28. The van der Waals surface area contributed by atoms with Crippen molar-refractivity contribution in [2.24, 2.45) is 5.92 Å². The van der Waals surface area contributed by atoms with Crippen LogP contribution in [0.4, 0.5) is 11.9 Å². The Hall–Kier alpha value is -1.63. The lowest BCUT2D eigenvalue weighted by molar-refractivity contribution is 0.114. The van der Waals surface area contributed by atoms with Crippen LogP contribution in [-0.4, -0.2) is 45.9 Å². The minimum Gasteiger partial charge on any atom is -0.464 e. The third-order valence-corrected chi connectivity index (χ3v) is 3.29. The van der Waals surface area contributed by atoms with Crippen LogP contribution < -0.4 is 15.4 Å². The van der Waals surface area contributed by atoms with Gasteiger partial charge in [-0.2, -0.15) is 15.0 Å². The van der Waals surface area contributed by atoms with Gasteiger partial charge in [0.15, 0.2) is 0 Å². The van der Waals surface area contributed by atoms with Gasteiger partial charge in [-0.05, 0) is 19.8 Å². The van der Waals surface area contributed by atoms with Gasteiger partial charge in [-0.1, -0.05) is 26.7 Å². The van der Waals surface area contributed by atoms with Crippen molar-refractivity contribution in [3.8, 4) is 6.01 Å². The third kappa shape index (κ3) is 5.71. The Morgan fingerprint density at radius 3 is 2.14 bits per heavy atom. The van der Waals surface area contributed by atoms with Crippen molar-refractivity contribution in [1.82, 2.24) is 15.0 Å². The molecular weight excluding hydrogens is 270 g/mol. The van der Waals surface area contributed by atoms with Crippen LogP contribution in [0.2, 0.25) is 0 Å². The molecule has 1 heterocycles. The number of rotatable bonds is 10. The molecule has 1 atom stereocenters. The molecule has 1 unspecified atom stereocenters. The second kappa shape index (κ2) is 9.33. The van der Waals surface area contributed by atoms with Gasteiger partial charge in [-0.25, -0.2) is 0 Å². The number of hydrogen-bond donors (Lipinski definition) is 3. The topological polar surface area (TPSA) is 92.2 Å². The van der Waals surface area contributed by atoms with E-state index in [0.717, 1.165) is 12.8 Å². The first-order chi connectivity index (χ1) is 10.1. The van der Waals surface area contributed by atoms with Crippen molar-refractivity contribution < 1.29 is 9.84 Å². The van der Waals surface area contributed by atoms with Crippen LogP contribution in [0.25, 0.3) is 0 Å². The van der Waals surface area contributed by atoms with Gasteiger partial charge in [0, 0.05) is 13.1 Å². The molecule has 3 N–H and O–H groups in total. The van der Waals surface area contributed by atoms with Crippen molar-refractivity contribution in [2.45, 2.75) is 46.6 Å². The average molecular weight is 297 g/mol. The van der Waals surface area contributed by atoms with Crippen LogP contribution in [0.5, 0.6) is 6.01 Å². The summed E-state index contributed by atoms with van der Waals surface area (Å²) < 4.78 is 5.33. The van der Waals surface area contributed by atoms with Gasteiger partial charge in [0.05, 0.1) is 12.7 Å². The smallest absolute Gasteiger partial charge is 0.323 e. The van der Waals surface area contributed by atoms with Crippen LogP contribution in [0.3, 0.4) is 0 Å². The number of aliphatic hydroxyl groups is 1. The zero-order chi connectivity index (χ0) is 15.7. The molecule has 0 saturated heterocycles. The Balaban J connectivity index is 2.72. The number of anilines is 2. The van der Waals surface area contributed by atoms with Crippen molar-refractivity contribution in [2.75, 3.05) is 30.3 Å². The first kappa shape index (κ1) is 17.4. The summed E-state index contributed by atoms with van der Waals surface area (Å²) >= 11 is 0. The molecule has 0 amide bonds. The van der Waals surface area contributed by atoms with Crippen LogP contribution in [0, 0.1) is 5.92 Å². The minimum atomic E-state index is -0.421. The summed E-state index contributed by atoms with van der Waals surface area (Å²) in [6, 6.07) is 0.281. The predicted molar refractivity (Wildman–Crippen MR) is 83.7 cm³/mol. The fourth-order valence-corrected chi connectivity index (χ4v) is 2.06. The van der Waals surface area contributed by atoms with E-state index in [2.05, 4.69) is 39.4 Å². The Morgan fingerprint density at radius 1 is 1.00 bits per heavy atom. The van der Waals surface area contributed by atoms with Crippen molar-refractivity contribution >= 4 is 11.9 Å². The zero-order valence-electron chi connectivity index (χ0n) is 13.4. The number of aromatic nitrogens is 3. The highest BCUT2D eigenvalue weighted by Gasteiger charge is 2.16. The highest BCUT2D eigenvalue weighted by molar-refractivity contribution is 5.35. The molecule has 1 rings (SSSR count). The number of ether oxygens (including phenoxy) is 1. The van der Waals surface area contributed by atoms with E-state index >= 15 is 0 Å². The van der Waals surface area contributed by atoms with E-state index in [-0.39, 0.29) is 11.9 Å². The largest absolute Gasteiger partial charge is 0.464 e. The van der Waals surface area contributed by atoms with E-state index in [4.69, 9.17) is 4.74 Å². The summed E-state index contributed by atoms with van der Waals surface area (Å²) in [6.45, 7) is 9.62. The van der Waals surface area contributed by atoms with E-state index in [1.54, 1.807) is 0 Å². The summed E-state index contributed by atoms with van der Waals surface area (Å²) in [5.74, 6) is 1.16. The average Bonchev–Trinajstić information content (AvgIpc) is 2.47. The van der Waals surface area contributed by atoms with Gasteiger partial charge in [0.25, 0.3) is 0 Å².